The van der Waals surface area contributed by atoms with E-state index in [1.54, 1.807) is 6.07 Å². The van der Waals surface area contributed by atoms with Crippen LogP contribution in [0.2, 0.25) is 0 Å². The minimum Gasteiger partial charge on any atom is -0.324 e. The van der Waals surface area contributed by atoms with E-state index in [9.17, 15) is 4.79 Å². The molecule has 8 nitrogen and oxygen atoms in total. The van der Waals surface area contributed by atoms with Crippen LogP contribution in [-0.4, -0.2) is 30.9 Å². The summed E-state index contributed by atoms with van der Waals surface area (Å²) in [5, 5.41) is 6.93. The fourth-order valence-corrected chi connectivity index (χ4v) is 4.41. The van der Waals surface area contributed by atoms with Crippen LogP contribution < -0.4 is 16.2 Å². The van der Waals surface area contributed by atoms with Crippen molar-refractivity contribution < 1.29 is 4.39 Å². The third-order valence-corrected chi connectivity index (χ3v) is 6.26. The molecular formula is C26H30FN7O. The lowest BCUT2D eigenvalue weighted by Gasteiger charge is -2.21. The Bertz CT molecular complexity index is 1480. The first-order chi connectivity index (χ1) is 16.6. The van der Waals surface area contributed by atoms with Crippen LogP contribution in [-0.2, 0) is 18.4 Å². The molecule has 3 aromatic heterocycles. The first-order valence-electron chi connectivity index (χ1n) is 11.9. The van der Waals surface area contributed by atoms with Crippen molar-refractivity contribution in [2.75, 3.05) is 11.9 Å². The first kappa shape index (κ1) is 23.2. The minimum absolute atomic E-state index is 0.0455. The van der Waals surface area contributed by atoms with Gasteiger partial charge in [-0.15, -0.1) is 0 Å². The number of pyridine rings is 1. The zero-order valence-electron chi connectivity index (χ0n) is 20.7. The molecule has 4 heterocycles. The van der Waals surface area contributed by atoms with Gasteiger partial charge in [0, 0.05) is 35.6 Å². The first-order valence-corrected chi connectivity index (χ1v) is 11.9. The Morgan fingerprint density at radius 2 is 1.91 bits per heavy atom. The highest BCUT2D eigenvalue weighted by Gasteiger charge is 2.25. The van der Waals surface area contributed by atoms with Crippen molar-refractivity contribution in [2.24, 2.45) is 0 Å². The predicted octanol–water partition coefficient (Wildman–Crippen LogP) is 4.38. The van der Waals surface area contributed by atoms with Crippen molar-refractivity contribution in [3.63, 3.8) is 0 Å². The van der Waals surface area contributed by atoms with E-state index >= 15 is 4.39 Å². The summed E-state index contributed by atoms with van der Waals surface area (Å²) in [4.78, 5) is 26.9. The number of fused-ring (bicyclic) bond motifs is 2. The number of halogens is 1. The Balaban J connectivity index is 1.66. The number of hydrogen-bond acceptors (Lipinski definition) is 6. The Hall–Kier alpha value is -3.59. The van der Waals surface area contributed by atoms with Crippen LogP contribution in [0.3, 0.4) is 0 Å². The van der Waals surface area contributed by atoms with Crippen LogP contribution in [0.5, 0.6) is 0 Å². The van der Waals surface area contributed by atoms with Crippen molar-refractivity contribution >= 4 is 22.7 Å². The topological polar surface area (TPSA) is 89.7 Å². The van der Waals surface area contributed by atoms with E-state index in [0.29, 0.717) is 17.0 Å². The van der Waals surface area contributed by atoms with E-state index in [4.69, 9.17) is 0 Å². The summed E-state index contributed by atoms with van der Waals surface area (Å²) in [5.41, 5.74) is 3.86. The van der Waals surface area contributed by atoms with Crippen molar-refractivity contribution in [3.8, 4) is 5.82 Å². The van der Waals surface area contributed by atoms with Gasteiger partial charge >= 0.3 is 0 Å². The van der Waals surface area contributed by atoms with Crippen LogP contribution in [0.15, 0.2) is 41.3 Å². The van der Waals surface area contributed by atoms with Gasteiger partial charge in [0.15, 0.2) is 17.3 Å². The molecule has 0 unspecified atom stereocenters. The van der Waals surface area contributed by atoms with Gasteiger partial charge in [-0.2, -0.15) is 4.98 Å². The summed E-state index contributed by atoms with van der Waals surface area (Å²) in [5.74, 6) is -0.154. The third kappa shape index (κ3) is 4.20. The maximum Gasteiger partial charge on any atom is 0.278 e. The van der Waals surface area contributed by atoms with Crippen LogP contribution in [0, 0.1) is 5.82 Å². The number of aromatic nitrogens is 5. The molecule has 9 heteroatoms. The molecule has 1 aliphatic rings. The average Bonchev–Trinajstić information content (AvgIpc) is 3.10. The van der Waals surface area contributed by atoms with Crippen LogP contribution >= 0.6 is 0 Å². The Labute approximate surface area is 203 Å². The molecule has 2 N–H and O–H groups in total. The molecule has 0 aliphatic carbocycles. The second kappa shape index (κ2) is 8.57. The maximum atomic E-state index is 15.2. The number of rotatable bonds is 4. The minimum atomic E-state index is -0.527. The normalized spacial score (nSPS) is 13.9. The fourth-order valence-electron chi connectivity index (χ4n) is 4.41. The second-order valence-corrected chi connectivity index (χ2v) is 10.3. The number of nitrogens with one attached hydrogen (secondary N) is 2. The van der Waals surface area contributed by atoms with Gasteiger partial charge in [0.05, 0.1) is 0 Å². The molecule has 1 aromatic carbocycles. The standard InChI is InChI=1S/C26H30FN7O/c1-15(2)33-24(35)19-14-29-25(30-18-7-6-17-13-28-11-10-16(17)12-18)32-22(19)34(33)23-20(27)8-9-21(31-23)26(3,4)5/h6-9,12,14-15,28H,10-11,13H2,1-5H3,(H,29,30,32). The Kier molecular flexibility index (Phi) is 5.67. The van der Waals surface area contributed by atoms with Gasteiger partial charge in [0.2, 0.25) is 5.95 Å². The zero-order valence-corrected chi connectivity index (χ0v) is 20.7. The van der Waals surface area contributed by atoms with Crippen molar-refractivity contribution in [3.05, 3.63) is 69.5 Å². The Morgan fingerprint density at radius 1 is 1.11 bits per heavy atom. The molecular weight excluding hydrogens is 445 g/mol. The lowest BCUT2D eigenvalue weighted by Crippen LogP contribution is -2.26. The van der Waals surface area contributed by atoms with Gasteiger partial charge in [0.1, 0.15) is 5.39 Å². The smallest absolute Gasteiger partial charge is 0.278 e. The molecule has 182 valence electrons. The summed E-state index contributed by atoms with van der Waals surface area (Å²) >= 11 is 0. The summed E-state index contributed by atoms with van der Waals surface area (Å²) < 4.78 is 18.1. The lowest BCUT2D eigenvalue weighted by molar-refractivity contribution is 0.456. The number of nitrogens with zero attached hydrogens (tertiary/aromatic N) is 5. The van der Waals surface area contributed by atoms with E-state index in [0.717, 1.165) is 30.9 Å². The Morgan fingerprint density at radius 3 is 2.66 bits per heavy atom. The van der Waals surface area contributed by atoms with Gasteiger partial charge in [-0.3, -0.25) is 4.79 Å². The largest absolute Gasteiger partial charge is 0.324 e. The van der Waals surface area contributed by atoms with E-state index < -0.39 is 5.82 Å². The van der Waals surface area contributed by atoms with Crippen molar-refractivity contribution in [2.45, 2.75) is 59.0 Å². The second-order valence-electron chi connectivity index (χ2n) is 10.3. The maximum absolute atomic E-state index is 15.2. The van der Waals surface area contributed by atoms with E-state index in [1.165, 1.54) is 32.8 Å². The monoisotopic (exact) mass is 475 g/mol. The fraction of sp³-hybridized carbons (Fsp3) is 0.385. The molecule has 5 rings (SSSR count). The van der Waals surface area contributed by atoms with Gasteiger partial charge < -0.3 is 10.6 Å². The zero-order chi connectivity index (χ0) is 24.9. The summed E-state index contributed by atoms with van der Waals surface area (Å²) in [7, 11) is 0. The van der Waals surface area contributed by atoms with Crippen molar-refractivity contribution in [1.82, 2.24) is 29.6 Å². The van der Waals surface area contributed by atoms with Crippen LogP contribution in [0.4, 0.5) is 16.0 Å². The molecule has 0 fully saturated rings. The summed E-state index contributed by atoms with van der Waals surface area (Å²) in [6, 6.07) is 9.00. The molecule has 4 aromatic rings. The van der Waals surface area contributed by atoms with Gasteiger partial charge in [-0.1, -0.05) is 26.8 Å². The SMILES string of the molecule is CC(C)n1c(=O)c2cnc(Nc3ccc4c(c3)CCNC4)nc2n1-c1nc(C(C)(C)C)ccc1F. The average molecular weight is 476 g/mol. The molecule has 1 aliphatic heterocycles. The van der Waals surface area contributed by atoms with E-state index in [-0.39, 0.29) is 22.8 Å². The highest BCUT2D eigenvalue weighted by atomic mass is 19.1. The molecule has 0 radical (unpaired) electrons. The number of hydrogen-bond donors (Lipinski definition) is 2. The van der Waals surface area contributed by atoms with Crippen molar-refractivity contribution in [1.29, 1.82) is 0 Å². The highest BCUT2D eigenvalue weighted by Crippen LogP contribution is 2.26. The van der Waals surface area contributed by atoms with E-state index in [2.05, 4.69) is 37.7 Å². The lowest BCUT2D eigenvalue weighted by atomic mass is 9.92. The molecule has 35 heavy (non-hydrogen) atoms. The molecule has 0 atom stereocenters. The molecule has 0 spiro atoms. The predicted molar refractivity (Wildman–Crippen MR) is 135 cm³/mol. The highest BCUT2D eigenvalue weighted by molar-refractivity contribution is 5.77. The van der Waals surface area contributed by atoms with Gasteiger partial charge in [-0.05, 0) is 62.2 Å². The molecule has 0 saturated heterocycles. The van der Waals surface area contributed by atoms with Gasteiger partial charge in [0.25, 0.3) is 5.56 Å². The number of benzene rings is 1. The number of anilines is 2. The summed E-state index contributed by atoms with van der Waals surface area (Å²) in [6.45, 7) is 11.6. The van der Waals surface area contributed by atoms with Crippen LogP contribution in [0.1, 0.15) is 57.5 Å². The molecule has 0 saturated carbocycles. The third-order valence-electron chi connectivity index (χ3n) is 6.26. The molecule has 0 amide bonds. The van der Waals surface area contributed by atoms with Gasteiger partial charge in [-0.25, -0.2) is 23.7 Å². The quantitative estimate of drug-likeness (QED) is 0.455. The van der Waals surface area contributed by atoms with Crippen LogP contribution in [0.25, 0.3) is 16.9 Å². The van der Waals surface area contributed by atoms with E-state index in [1.807, 2.05) is 40.7 Å². The summed E-state index contributed by atoms with van der Waals surface area (Å²) in [6.07, 6.45) is 2.45. The molecule has 0 bridgehead atoms.